The fourth-order valence-electron chi connectivity index (χ4n) is 2.77. The summed E-state index contributed by atoms with van der Waals surface area (Å²) < 4.78 is 10.4. The number of hydrogen-bond donors (Lipinski definition) is 0. The average Bonchev–Trinajstić information content (AvgIpc) is 2.67. The predicted octanol–water partition coefficient (Wildman–Crippen LogP) is 2.44. The predicted molar refractivity (Wildman–Crippen MR) is 93.1 cm³/mol. The normalized spacial score (nSPS) is 15.5. The third-order valence-corrected chi connectivity index (χ3v) is 4.18. The maximum absolute atomic E-state index is 12.4. The lowest BCUT2D eigenvalue weighted by molar-refractivity contribution is -0.138. The van der Waals surface area contributed by atoms with Gasteiger partial charge in [-0.25, -0.2) is 0 Å². The van der Waals surface area contributed by atoms with Crippen LogP contribution in [0.5, 0.6) is 11.5 Å². The lowest BCUT2D eigenvalue weighted by atomic mass is 10.0. The van der Waals surface area contributed by atoms with Crippen LogP contribution in [0.1, 0.15) is 24.8 Å². The Kier molecular flexibility index (Phi) is 6.58. The van der Waals surface area contributed by atoms with Gasteiger partial charge < -0.3 is 14.4 Å². The van der Waals surface area contributed by atoms with E-state index in [4.69, 9.17) is 9.47 Å². The minimum atomic E-state index is -1.28. The number of piperidine rings is 1. The summed E-state index contributed by atoms with van der Waals surface area (Å²) in [6.07, 6.45) is 5.75. The highest BCUT2D eigenvalue weighted by molar-refractivity contribution is 6.10. The summed E-state index contributed by atoms with van der Waals surface area (Å²) in [5.74, 6) is -1.06. The van der Waals surface area contributed by atoms with E-state index in [1.54, 1.807) is 36.3 Å². The molecule has 6 heteroatoms. The Labute approximate surface area is 147 Å². The SMILES string of the molecule is COc1ccc(/C=C/C(=O)C(C#N)C(=O)N2CCCCC2)cc1OC. The second-order valence-electron chi connectivity index (χ2n) is 5.80. The van der Waals surface area contributed by atoms with Crippen LogP contribution in [0.15, 0.2) is 24.3 Å². The number of amides is 1. The number of rotatable bonds is 6. The molecule has 2 rings (SSSR count). The molecule has 0 aromatic heterocycles. The summed E-state index contributed by atoms with van der Waals surface area (Å²) in [4.78, 5) is 26.3. The molecular formula is C19H22N2O4. The quantitative estimate of drug-likeness (QED) is 0.586. The van der Waals surface area contributed by atoms with Crippen LogP contribution in [0.25, 0.3) is 6.08 Å². The molecule has 1 saturated heterocycles. The summed E-state index contributed by atoms with van der Waals surface area (Å²) in [6.45, 7) is 1.23. The van der Waals surface area contributed by atoms with E-state index in [-0.39, 0.29) is 0 Å². The molecule has 1 unspecified atom stereocenters. The number of nitriles is 1. The highest BCUT2D eigenvalue weighted by Crippen LogP contribution is 2.28. The molecule has 25 heavy (non-hydrogen) atoms. The van der Waals surface area contributed by atoms with E-state index >= 15 is 0 Å². The highest BCUT2D eigenvalue weighted by atomic mass is 16.5. The summed E-state index contributed by atoms with van der Waals surface area (Å²) >= 11 is 0. The first-order valence-corrected chi connectivity index (χ1v) is 8.23. The molecule has 0 saturated carbocycles. The van der Waals surface area contributed by atoms with E-state index < -0.39 is 17.6 Å². The molecule has 1 heterocycles. The molecule has 1 aliphatic heterocycles. The Morgan fingerprint density at radius 3 is 2.44 bits per heavy atom. The van der Waals surface area contributed by atoms with Gasteiger partial charge in [0.2, 0.25) is 5.91 Å². The summed E-state index contributed by atoms with van der Waals surface area (Å²) in [5, 5.41) is 9.26. The molecule has 0 spiro atoms. The van der Waals surface area contributed by atoms with Gasteiger partial charge in [0.05, 0.1) is 20.3 Å². The van der Waals surface area contributed by atoms with Crippen molar-refractivity contribution in [1.29, 1.82) is 5.26 Å². The smallest absolute Gasteiger partial charge is 0.247 e. The van der Waals surface area contributed by atoms with Crippen LogP contribution >= 0.6 is 0 Å². The Balaban J connectivity index is 2.09. The number of methoxy groups -OCH3 is 2. The standard InChI is InChI=1S/C19H22N2O4/c1-24-17-9-7-14(12-18(17)25-2)6-8-16(22)15(13-20)19(23)21-10-4-3-5-11-21/h6-9,12,15H,3-5,10-11H2,1-2H3/b8-6+. The number of allylic oxidation sites excluding steroid dienone is 1. The average molecular weight is 342 g/mol. The molecule has 0 N–H and O–H groups in total. The van der Waals surface area contributed by atoms with E-state index in [0.717, 1.165) is 19.3 Å². The molecule has 1 fully saturated rings. The van der Waals surface area contributed by atoms with E-state index in [0.29, 0.717) is 30.2 Å². The largest absolute Gasteiger partial charge is 0.493 e. The number of carbonyl (C=O) groups excluding carboxylic acids is 2. The van der Waals surface area contributed by atoms with Crippen molar-refractivity contribution in [3.8, 4) is 17.6 Å². The van der Waals surface area contributed by atoms with Crippen LogP contribution in [0.3, 0.4) is 0 Å². The number of nitrogens with zero attached hydrogens (tertiary/aromatic N) is 2. The van der Waals surface area contributed by atoms with Crippen LogP contribution in [0, 0.1) is 17.2 Å². The van der Waals surface area contributed by atoms with Gasteiger partial charge in [0.1, 0.15) is 0 Å². The molecule has 6 nitrogen and oxygen atoms in total. The Bertz CT molecular complexity index is 700. The second-order valence-corrected chi connectivity index (χ2v) is 5.80. The maximum atomic E-state index is 12.4. The fourth-order valence-corrected chi connectivity index (χ4v) is 2.77. The minimum Gasteiger partial charge on any atom is -0.493 e. The highest BCUT2D eigenvalue weighted by Gasteiger charge is 2.29. The van der Waals surface area contributed by atoms with E-state index in [9.17, 15) is 14.9 Å². The molecule has 1 atom stereocenters. The van der Waals surface area contributed by atoms with Gasteiger partial charge in [-0.15, -0.1) is 0 Å². The third kappa shape index (κ3) is 4.60. The molecular weight excluding hydrogens is 320 g/mol. The van der Waals surface area contributed by atoms with Gasteiger partial charge in [-0.3, -0.25) is 9.59 Å². The summed E-state index contributed by atoms with van der Waals surface area (Å²) in [5.41, 5.74) is 0.716. The Hall–Kier alpha value is -2.81. The lowest BCUT2D eigenvalue weighted by Crippen LogP contribution is -2.41. The number of benzene rings is 1. The molecule has 1 aromatic carbocycles. The minimum absolute atomic E-state index is 0.399. The summed E-state index contributed by atoms with van der Waals surface area (Å²) in [7, 11) is 3.07. The topological polar surface area (TPSA) is 79.6 Å². The van der Waals surface area contributed by atoms with Gasteiger partial charge in [-0.05, 0) is 43.0 Å². The third-order valence-electron chi connectivity index (χ3n) is 4.18. The zero-order chi connectivity index (χ0) is 18.2. The van der Waals surface area contributed by atoms with Crippen molar-refractivity contribution >= 4 is 17.8 Å². The van der Waals surface area contributed by atoms with Crippen molar-refractivity contribution in [2.45, 2.75) is 19.3 Å². The number of carbonyl (C=O) groups is 2. The molecule has 1 aromatic rings. The van der Waals surface area contributed by atoms with Crippen LogP contribution in [0.4, 0.5) is 0 Å². The van der Waals surface area contributed by atoms with E-state index in [1.807, 2.05) is 6.07 Å². The van der Waals surface area contributed by atoms with Gasteiger partial charge in [-0.1, -0.05) is 12.1 Å². The van der Waals surface area contributed by atoms with Crippen LogP contribution in [-0.4, -0.2) is 43.9 Å². The van der Waals surface area contributed by atoms with Gasteiger partial charge in [0, 0.05) is 13.1 Å². The zero-order valence-corrected chi connectivity index (χ0v) is 14.5. The Morgan fingerprint density at radius 2 is 1.84 bits per heavy atom. The first-order chi connectivity index (χ1) is 12.1. The van der Waals surface area contributed by atoms with Gasteiger partial charge >= 0.3 is 0 Å². The van der Waals surface area contributed by atoms with Crippen molar-refractivity contribution in [3.63, 3.8) is 0 Å². The zero-order valence-electron chi connectivity index (χ0n) is 14.5. The summed E-state index contributed by atoms with van der Waals surface area (Å²) in [6, 6.07) is 7.05. The van der Waals surface area contributed by atoms with Crippen LogP contribution < -0.4 is 9.47 Å². The van der Waals surface area contributed by atoms with Crippen molar-refractivity contribution in [1.82, 2.24) is 4.90 Å². The van der Waals surface area contributed by atoms with Gasteiger partial charge in [0.25, 0.3) is 0 Å². The second kappa shape index (κ2) is 8.88. The Morgan fingerprint density at radius 1 is 1.16 bits per heavy atom. The molecule has 0 bridgehead atoms. The number of likely N-dealkylation sites (tertiary alicyclic amines) is 1. The van der Waals surface area contributed by atoms with E-state index in [1.165, 1.54) is 13.2 Å². The van der Waals surface area contributed by atoms with Gasteiger partial charge in [-0.2, -0.15) is 5.26 Å². The number of ketones is 1. The fraction of sp³-hybridized carbons (Fsp3) is 0.421. The number of ether oxygens (including phenoxy) is 2. The van der Waals surface area contributed by atoms with Crippen molar-refractivity contribution in [2.24, 2.45) is 5.92 Å². The van der Waals surface area contributed by atoms with Crippen LogP contribution in [0.2, 0.25) is 0 Å². The molecule has 132 valence electrons. The van der Waals surface area contributed by atoms with Gasteiger partial charge in [0.15, 0.2) is 23.2 Å². The lowest BCUT2D eigenvalue weighted by Gasteiger charge is -2.27. The monoisotopic (exact) mass is 342 g/mol. The molecule has 0 radical (unpaired) electrons. The van der Waals surface area contributed by atoms with Crippen molar-refractivity contribution in [2.75, 3.05) is 27.3 Å². The first-order valence-electron chi connectivity index (χ1n) is 8.23. The first kappa shape index (κ1) is 18.5. The van der Waals surface area contributed by atoms with Crippen molar-refractivity contribution < 1.29 is 19.1 Å². The number of hydrogen-bond acceptors (Lipinski definition) is 5. The van der Waals surface area contributed by atoms with E-state index in [2.05, 4.69) is 0 Å². The maximum Gasteiger partial charge on any atom is 0.247 e. The van der Waals surface area contributed by atoms with Crippen LogP contribution in [-0.2, 0) is 9.59 Å². The molecule has 1 amide bonds. The van der Waals surface area contributed by atoms with Crippen molar-refractivity contribution in [3.05, 3.63) is 29.8 Å². The molecule has 0 aliphatic carbocycles. The molecule has 1 aliphatic rings.